The average Bonchev–Trinajstić information content (AvgIpc) is 3.80. The Morgan fingerprint density at radius 3 is 2.65 bits per heavy atom. The standard InChI is InChI=1S/C42H50N6O11S/c1-5-19-58-42(53)48-29-24-31(30(54-3)23-27(29)39(51)47-18-10-8-14-28(47)40(48)59-36-17-9-11-20-57-36)56-21-12-16-35(49)43-34-25-46(2)37(44-34)38(50)45-60-32-15-7-6-13-26(32)22-33(60)41(52)55-4/h5-7,13,15,22-25,28,36,40,60H,1,8-12,14,16-21H2,2-4H3,(H,43,49)(H,45,50)/t28-,36?,40?/m0/s1. The first-order valence-corrected chi connectivity index (χ1v) is 21.3. The molecule has 4 atom stereocenters. The highest BCUT2D eigenvalue weighted by Gasteiger charge is 2.47. The summed E-state index contributed by atoms with van der Waals surface area (Å²) in [6.45, 7) is 4.72. The van der Waals surface area contributed by atoms with Gasteiger partial charge in [-0.1, -0.05) is 30.9 Å². The van der Waals surface area contributed by atoms with Crippen LogP contribution in [0.5, 0.6) is 11.5 Å². The van der Waals surface area contributed by atoms with E-state index in [1.54, 1.807) is 30.2 Å². The van der Waals surface area contributed by atoms with Gasteiger partial charge in [-0.15, -0.1) is 11.1 Å². The van der Waals surface area contributed by atoms with Gasteiger partial charge in [0.2, 0.25) is 11.7 Å². The van der Waals surface area contributed by atoms with Crippen molar-refractivity contribution in [2.45, 2.75) is 74.8 Å². The van der Waals surface area contributed by atoms with E-state index in [2.05, 4.69) is 21.6 Å². The largest absolute Gasteiger partial charge is 0.493 e. The van der Waals surface area contributed by atoms with E-state index < -0.39 is 47.6 Å². The van der Waals surface area contributed by atoms with Crippen LogP contribution >= 0.6 is 11.1 Å². The zero-order valence-corrected chi connectivity index (χ0v) is 34.7. The van der Waals surface area contributed by atoms with E-state index in [1.807, 2.05) is 24.3 Å². The highest BCUT2D eigenvalue weighted by molar-refractivity contribution is 8.20. The SMILES string of the molecule is C=CCOC(=O)N1c2cc(OCCCC(=O)Nc3cn(C)c(C(=O)N[SH]4C(C(=O)OC)=Cc5ccccc54)n3)c(OC)cc2C(=O)N2CCCC[C@H]2C1OC1CCCCO1. The lowest BCUT2D eigenvalue weighted by molar-refractivity contribution is -0.198. The molecule has 0 aliphatic carbocycles. The number of benzene rings is 2. The van der Waals surface area contributed by atoms with Gasteiger partial charge < -0.3 is 47.9 Å². The fourth-order valence-corrected chi connectivity index (χ4v) is 9.71. The zero-order valence-electron chi connectivity index (χ0n) is 33.8. The number of hydrogen-bond donors (Lipinski definition) is 3. The van der Waals surface area contributed by atoms with E-state index >= 15 is 0 Å². The first-order chi connectivity index (χ1) is 29.1. The van der Waals surface area contributed by atoms with Crippen molar-refractivity contribution in [2.24, 2.45) is 7.05 Å². The summed E-state index contributed by atoms with van der Waals surface area (Å²) in [5.41, 5.74) is 1.29. The number of nitrogens with zero attached hydrogens (tertiary/aromatic N) is 4. The fourth-order valence-electron chi connectivity index (χ4n) is 7.73. The normalized spacial score (nSPS) is 21.3. The number of amides is 4. The molecule has 2 saturated heterocycles. The molecule has 18 heteroatoms. The van der Waals surface area contributed by atoms with Crippen LogP contribution in [0.1, 0.15) is 77.9 Å². The maximum atomic E-state index is 14.2. The first-order valence-electron chi connectivity index (χ1n) is 19.9. The van der Waals surface area contributed by atoms with E-state index in [1.165, 1.54) is 36.0 Å². The molecule has 4 aliphatic heterocycles. The summed E-state index contributed by atoms with van der Waals surface area (Å²) in [4.78, 5) is 75.9. The summed E-state index contributed by atoms with van der Waals surface area (Å²) in [5.74, 6) is -0.970. The van der Waals surface area contributed by atoms with Crippen LogP contribution in [0.2, 0.25) is 0 Å². The van der Waals surface area contributed by atoms with Crippen LogP contribution in [0.25, 0.3) is 6.08 Å². The molecule has 60 heavy (non-hydrogen) atoms. The summed E-state index contributed by atoms with van der Waals surface area (Å²) in [6.07, 6.45) is 7.55. The molecule has 3 unspecified atom stereocenters. The molecule has 320 valence electrons. The molecule has 2 N–H and O–H groups in total. The lowest BCUT2D eigenvalue weighted by Gasteiger charge is -2.42. The van der Waals surface area contributed by atoms with Crippen molar-refractivity contribution in [3.05, 3.63) is 77.1 Å². The smallest absolute Gasteiger partial charge is 0.416 e. The number of anilines is 2. The summed E-state index contributed by atoms with van der Waals surface area (Å²) in [7, 11) is 4.38. The van der Waals surface area contributed by atoms with Gasteiger partial charge in [-0.05, 0) is 68.7 Å². The first kappa shape index (κ1) is 42.3. The third-order valence-electron chi connectivity index (χ3n) is 10.6. The van der Waals surface area contributed by atoms with Gasteiger partial charge in [0.1, 0.15) is 6.61 Å². The van der Waals surface area contributed by atoms with E-state index in [0.29, 0.717) is 30.9 Å². The molecular weight excluding hydrogens is 797 g/mol. The van der Waals surface area contributed by atoms with E-state index in [4.69, 9.17) is 28.4 Å². The number of aromatic nitrogens is 2. The van der Waals surface area contributed by atoms with Gasteiger partial charge >= 0.3 is 12.1 Å². The number of nitrogens with one attached hydrogen (secondary N) is 2. The van der Waals surface area contributed by atoms with Crippen molar-refractivity contribution in [3.8, 4) is 11.5 Å². The summed E-state index contributed by atoms with van der Waals surface area (Å²) in [6, 6.07) is 10.1. The number of imidazole rings is 1. The quantitative estimate of drug-likeness (QED) is 0.0805. The number of methoxy groups -OCH3 is 2. The van der Waals surface area contributed by atoms with Crippen molar-refractivity contribution in [1.29, 1.82) is 0 Å². The van der Waals surface area contributed by atoms with Crippen LogP contribution in [0.3, 0.4) is 0 Å². The topological polar surface area (TPSA) is 189 Å². The van der Waals surface area contributed by atoms with E-state index in [9.17, 15) is 24.0 Å². The second-order valence-corrected chi connectivity index (χ2v) is 16.4. The molecule has 4 amide bonds. The minimum atomic E-state index is -1.55. The van der Waals surface area contributed by atoms with Crippen molar-refractivity contribution < 1.29 is 52.4 Å². The van der Waals surface area contributed by atoms with Gasteiger partial charge in [-0.3, -0.25) is 14.4 Å². The number of fused-ring (bicyclic) bond motifs is 3. The highest BCUT2D eigenvalue weighted by atomic mass is 32.2. The van der Waals surface area contributed by atoms with Crippen LogP contribution in [0.15, 0.2) is 65.1 Å². The van der Waals surface area contributed by atoms with E-state index in [-0.39, 0.29) is 72.3 Å². The summed E-state index contributed by atoms with van der Waals surface area (Å²) in [5, 5.41) is 2.73. The molecule has 2 aromatic carbocycles. The number of carbonyl (C=O) groups is 5. The van der Waals surface area contributed by atoms with Crippen LogP contribution in [-0.2, 0) is 35.6 Å². The molecule has 0 radical (unpaired) electrons. The van der Waals surface area contributed by atoms with Gasteiger partial charge in [-0.25, -0.2) is 19.5 Å². The number of ether oxygens (including phenoxy) is 6. The van der Waals surface area contributed by atoms with Crippen molar-refractivity contribution in [1.82, 2.24) is 19.2 Å². The average molecular weight is 847 g/mol. The van der Waals surface area contributed by atoms with Crippen LogP contribution in [0, 0.1) is 0 Å². The number of rotatable bonds is 14. The maximum absolute atomic E-state index is 14.2. The second kappa shape index (κ2) is 19.0. The molecular formula is C42H50N6O11S. The van der Waals surface area contributed by atoms with Crippen molar-refractivity contribution >= 4 is 58.4 Å². The Bertz CT molecular complexity index is 2170. The minimum Gasteiger partial charge on any atom is -0.493 e. The summed E-state index contributed by atoms with van der Waals surface area (Å²) >= 11 is -1.55. The van der Waals surface area contributed by atoms with Gasteiger partial charge in [0.05, 0.1) is 43.0 Å². The van der Waals surface area contributed by atoms with Crippen molar-refractivity contribution in [2.75, 3.05) is 50.8 Å². The number of aryl methyl sites for hydroxylation is 1. The van der Waals surface area contributed by atoms with E-state index in [0.717, 1.165) is 36.1 Å². The predicted octanol–water partition coefficient (Wildman–Crippen LogP) is 5.47. The number of thiol groups is 1. The maximum Gasteiger partial charge on any atom is 0.416 e. The Hall–Kier alpha value is -5.85. The number of piperidine rings is 1. The molecule has 0 saturated carbocycles. The number of esters is 1. The Morgan fingerprint density at radius 1 is 1.07 bits per heavy atom. The van der Waals surface area contributed by atoms with Crippen LogP contribution < -0.4 is 24.4 Å². The van der Waals surface area contributed by atoms with Gasteiger partial charge in [0.25, 0.3) is 11.8 Å². The molecule has 0 bridgehead atoms. The molecule has 7 rings (SSSR count). The third-order valence-corrected chi connectivity index (χ3v) is 12.7. The number of carbonyl (C=O) groups excluding carboxylic acids is 5. The Morgan fingerprint density at radius 2 is 1.88 bits per heavy atom. The Balaban J connectivity index is 1.03. The van der Waals surface area contributed by atoms with Crippen molar-refractivity contribution in [3.63, 3.8) is 0 Å². The Kier molecular flexibility index (Phi) is 13.4. The minimum absolute atomic E-state index is 0.0349. The molecule has 2 fully saturated rings. The Labute approximate surface area is 350 Å². The van der Waals surface area contributed by atoms with Gasteiger partial charge in [0, 0.05) is 43.8 Å². The molecule has 3 aromatic rings. The number of hydrogen-bond acceptors (Lipinski definition) is 12. The fraction of sp³-hybridized carbons (Fsp3) is 0.429. The lowest BCUT2D eigenvalue weighted by Crippen LogP contribution is -2.57. The van der Waals surface area contributed by atoms with Gasteiger partial charge in [-0.2, -0.15) is 0 Å². The van der Waals surface area contributed by atoms with Gasteiger partial charge in [0.15, 0.2) is 29.8 Å². The molecule has 5 heterocycles. The molecule has 17 nitrogen and oxygen atoms in total. The van der Waals surface area contributed by atoms with Crippen LogP contribution in [0.4, 0.5) is 16.3 Å². The summed E-state index contributed by atoms with van der Waals surface area (Å²) < 4.78 is 39.3. The molecule has 0 spiro atoms. The highest BCUT2D eigenvalue weighted by Crippen LogP contribution is 2.50. The zero-order chi connectivity index (χ0) is 42.3. The molecule has 1 aromatic heterocycles. The molecule has 4 aliphatic rings. The monoisotopic (exact) mass is 846 g/mol. The lowest BCUT2D eigenvalue weighted by atomic mass is 10.00. The second-order valence-electron chi connectivity index (χ2n) is 14.6. The third kappa shape index (κ3) is 9.00. The predicted molar refractivity (Wildman–Crippen MR) is 222 cm³/mol. The van der Waals surface area contributed by atoms with Crippen LogP contribution in [-0.4, -0.2) is 103 Å².